The Hall–Kier alpha value is -0.870. The van der Waals surface area contributed by atoms with Gasteiger partial charge in [-0.3, -0.25) is 4.79 Å². The van der Waals surface area contributed by atoms with Crippen molar-refractivity contribution in [3.63, 3.8) is 0 Å². The average molecular weight is 264 g/mol. The van der Waals surface area contributed by atoms with Crippen LogP contribution in [0.1, 0.15) is 40.4 Å². The summed E-state index contributed by atoms with van der Waals surface area (Å²) in [6, 6.07) is 2.80. The number of nitrogens with one attached hydrogen (secondary N) is 1. The highest BCUT2D eigenvalue weighted by molar-refractivity contribution is 7.14. The second kappa shape index (κ2) is 4.67. The van der Waals surface area contributed by atoms with Crippen molar-refractivity contribution in [3.05, 3.63) is 21.4 Å². The zero-order valence-electron chi connectivity index (χ0n) is 11.0. The maximum Gasteiger partial charge on any atom is 0.264 e. The first-order valence-corrected chi connectivity index (χ1v) is 7.64. The van der Waals surface area contributed by atoms with Crippen molar-refractivity contribution in [3.8, 4) is 0 Å². The van der Waals surface area contributed by atoms with Crippen LogP contribution in [0.5, 0.6) is 0 Å². The minimum absolute atomic E-state index is 0.232. The van der Waals surface area contributed by atoms with Gasteiger partial charge in [-0.25, -0.2) is 0 Å². The van der Waals surface area contributed by atoms with Crippen molar-refractivity contribution in [2.24, 2.45) is 0 Å². The molecule has 2 aliphatic rings. The molecular weight excluding hydrogens is 244 g/mol. The Balaban J connectivity index is 1.80. The quantitative estimate of drug-likeness (QED) is 0.842. The molecular formula is C14H20N2OS. The molecule has 1 aromatic heterocycles. The number of piperazine rings is 1. The standard InChI is InChI=1S/C14H20N2OS/c1-9-10(2)16(7-6-15-9)14(17)13-8-11-4-3-5-12(11)18-13/h8-10,15H,3-7H2,1-2H3. The lowest BCUT2D eigenvalue weighted by Crippen LogP contribution is -2.57. The van der Waals surface area contributed by atoms with E-state index in [0.717, 1.165) is 24.4 Å². The number of carbonyl (C=O) groups is 1. The zero-order valence-corrected chi connectivity index (χ0v) is 11.8. The molecule has 1 amide bonds. The van der Waals surface area contributed by atoms with Gasteiger partial charge in [0.1, 0.15) is 0 Å². The van der Waals surface area contributed by atoms with Crippen LogP contribution in [0.3, 0.4) is 0 Å². The first-order valence-electron chi connectivity index (χ1n) is 6.83. The lowest BCUT2D eigenvalue weighted by Gasteiger charge is -2.38. The normalized spacial score (nSPS) is 27.3. The van der Waals surface area contributed by atoms with Gasteiger partial charge in [-0.05, 0) is 44.7 Å². The number of hydrogen-bond donors (Lipinski definition) is 1. The lowest BCUT2D eigenvalue weighted by atomic mass is 10.1. The minimum Gasteiger partial charge on any atom is -0.332 e. The fourth-order valence-electron chi connectivity index (χ4n) is 2.92. The summed E-state index contributed by atoms with van der Waals surface area (Å²) >= 11 is 1.72. The molecule has 0 spiro atoms. The molecule has 1 saturated heterocycles. The molecule has 2 atom stereocenters. The second-order valence-corrected chi connectivity index (χ2v) is 6.53. The fraction of sp³-hybridized carbons (Fsp3) is 0.643. The van der Waals surface area contributed by atoms with E-state index in [0.29, 0.717) is 6.04 Å². The van der Waals surface area contributed by atoms with Crippen LogP contribution in [0, 0.1) is 0 Å². The van der Waals surface area contributed by atoms with Gasteiger partial charge in [0.2, 0.25) is 0 Å². The molecule has 1 aliphatic heterocycles. The molecule has 4 heteroatoms. The van der Waals surface area contributed by atoms with E-state index in [9.17, 15) is 4.79 Å². The topological polar surface area (TPSA) is 32.3 Å². The van der Waals surface area contributed by atoms with Gasteiger partial charge in [0.15, 0.2) is 0 Å². The molecule has 2 unspecified atom stereocenters. The summed E-state index contributed by atoms with van der Waals surface area (Å²) in [4.78, 5) is 17.0. The van der Waals surface area contributed by atoms with Crippen LogP contribution in [0.25, 0.3) is 0 Å². The number of carbonyl (C=O) groups excluding carboxylic acids is 1. The molecule has 1 aliphatic carbocycles. The summed E-state index contributed by atoms with van der Waals surface area (Å²) in [5.41, 5.74) is 1.42. The van der Waals surface area contributed by atoms with E-state index in [2.05, 4.69) is 25.2 Å². The predicted molar refractivity (Wildman–Crippen MR) is 74.3 cm³/mol. The maximum atomic E-state index is 12.6. The van der Waals surface area contributed by atoms with Gasteiger partial charge in [0.05, 0.1) is 4.88 Å². The number of nitrogens with zero attached hydrogens (tertiary/aromatic N) is 1. The molecule has 2 heterocycles. The summed E-state index contributed by atoms with van der Waals surface area (Å²) in [6.45, 7) is 6.02. The number of aryl methyl sites for hydroxylation is 2. The Morgan fingerprint density at radius 3 is 3.06 bits per heavy atom. The Bertz CT molecular complexity index is 447. The van der Waals surface area contributed by atoms with Gasteiger partial charge in [0, 0.05) is 30.1 Å². The Kier molecular flexibility index (Phi) is 3.16. The molecule has 0 radical (unpaired) electrons. The van der Waals surface area contributed by atoms with Gasteiger partial charge in [0.25, 0.3) is 5.91 Å². The third-order valence-electron chi connectivity index (χ3n) is 4.25. The maximum absolute atomic E-state index is 12.6. The predicted octanol–water partition coefficient (Wildman–Crippen LogP) is 2.06. The summed E-state index contributed by atoms with van der Waals surface area (Å²) in [6.07, 6.45) is 3.59. The van der Waals surface area contributed by atoms with Gasteiger partial charge in [-0.2, -0.15) is 0 Å². The van der Waals surface area contributed by atoms with Crippen molar-refractivity contribution in [1.29, 1.82) is 0 Å². The Morgan fingerprint density at radius 1 is 1.44 bits per heavy atom. The highest BCUT2D eigenvalue weighted by atomic mass is 32.1. The van der Waals surface area contributed by atoms with Crippen LogP contribution in [0.15, 0.2) is 6.07 Å². The number of amides is 1. The molecule has 0 aromatic carbocycles. The minimum atomic E-state index is 0.232. The third-order valence-corrected chi connectivity index (χ3v) is 5.48. The zero-order chi connectivity index (χ0) is 12.7. The van der Waals surface area contributed by atoms with Crippen LogP contribution in [0.4, 0.5) is 0 Å². The van der Waals surface area contributed by atoms with Gasteiger partial charge < -0.3 is 10.2 Å². The largest absolute Gasteiger partial charge is 0.332 e. The monoisotopic (exact) mass is 264 g/mol. The molecule has 18 heavy (non-hydrogen) atoms. The van der Waals surface area contributed by atoms with Crippen LogP contribution >= 0.6 is 11.3 Å². The van der Waals surface area contributed by atoms with Crippen molar-refractivity contribution in [1.82, 2.24) is 10.2 Å². The van der Waals surface area contributed by atoms with E-state index in [1.165, 1.54) is 23.3 Å². The van der Waals surface area contributed by atoms with E-state index < -0.39 is 0 Å². The summed E-state index contributed by atoms with van der Waals surface area (Å²) in [7, 11) is 0. The van der Waals surface area contributed by atoms with E-state index in [4.69, 9.17) is 0 Å². The van der Waals surface area contributed by atoms with Crippen molar-refractivity contribution >= 4 is 17.2 Å². The molecule has 0 saturated carbocycles. The molecule has 3 rings (SSSR count). The highest BCUT2D eigenvalue weighted by Crippen LogP contribution is 2.31. The SMILES string of the molecule is CC1NCCN(C(=O)c2cc3c(s2)CCC3)C1C. The molecule has 1 fully saturated rings. The van der Waals surface area contributed by atoms with E-state index in [1.807, 2.05) is 4.90 Å². The first-order chi connectivity index (χ1) is 8.66. The lowest BCUT2D eigenvalue weighted by molar-refractivity contribution is 0.0608. The molecule has 1 aromatic rings. The Morgan fingerprint density at radius 2 is 2.28 bits per heavy atom. The Labute approximate surface area is 112 Å². The summed E-state index contributed by atoms with van der Waals surface area (Å²) < 4.78 is 0. The van der Waals surface area contributed by atoms with Gasteiger partial charge in [-0.15, -0.1) is 11.3 Å². The fourth-order valence-corrected chi connectivity index (χ4v) is 4.13. The van der Waals surface area contributed by atoms with Crippen LogP contribution < -0.4 is 5.32 Å². The van der Waals surface area contributed by atoms with Crippen molar-refractivity contribution < 1.29 is 4.79 Å². The number of rotatable bonds is 1. The summed E-state index contributed by atoms with van der Waals surface area (Å²) in [5.74, 6) is 0.232. The molecule has 1 N–H and O–H groups in total. The van der Waals surface area contributed by atoms with Gasteiger partial charge >= 0.3 is 0 Å². The van der Waals surface area contributed by atoms with Crippen molar-refractivity contribution in [2.45, 2.75) is 45.2 Å². The van der Waals surface area contributed by atoms with Gasteiger partial charge in [-0.1, -0.05) is 0 Å². The van der Waals surface area contributed by atoms with Crippen LogP contribution in [-0.2, 0) is 12.8 Å². The van der Waals surface area contributed by atoms with Crippen molar-refractivity contribution in [2.75, 3.05) is 13.1 Å². The van der Waals surface area contributed by atoms with E-state index >= 15 is 0 Å². The van der Waals surface area contributed by atoms with E-state index in [1.54, 1.807) is 11.3 Å². The summed E-state index contributed by atoms with van der Waals surface area (Å²) in [5, 5.41) is 3.42. The second-order valence-electron chi connectivity index (χ2n) is 5.39. The highest BCUT2D eigenvalue weighted by Gasteiger charge is 2.30. The first kappa shape index (κ1) is 12.2. The smallest absolute Gasteiger partial charge is 0.264 e. The van der Waals surface area contributed by atoms with E-state index in [-0.39, 0.29) is 11.9 Å². The number of hydrogen-bond acceptors (Lipinski definition) is 3. The average Bonchev–Trinajstić information content (AvgIpc) is 2.92. The molecule has 3 nitrogen and oxygen atoms in total. The third kappa shape index (κ3) is 1.97. The molecule has 98 valence electrons. The number of thiophene rings is 1. The number of fused-ring (bicyclic) bond motifs is 1. The van der Waals surface area contributed by atoms with Crippen LogP contribution in [-0.4, -0.2) is 36.0 Å². The van der Waals surface area contributed by atoms with Crippen LogP contribution in [0.2, 0.25) is 0 Å². The molecule has 0 bridgehead atoms.